The van der Waals surface area contributed by atoms with Gasteiger partial charge in [-0.25, -0.2) is 0 Å². The number of phenols is 1. The second-order valence-electron chi connectivity index (χ2n) is 4.86. The van der Waals surface area contributed by atoms with Gasteiger partial charge in [-0.15, -0.1) is 0 Å². The van der Waals surface area contributed by atoms with Crippen molar-refractivity contribution in [3.63, 3.8) is 0 Å². The lowest BCUT2D eigenvalue weighted by atomic mass is 10.1. The van der Waals surface area contributed by atoms with Crippen LogP contribution in [0.4, 0.5) is 0 Å². The molecule has 5 nitrogen and oxygen atoms in total. The lowest BCUT2D eigenvalue weighted by Gasteiger charge is -2.09. The minimum absolute atomic E-state index is 0.107. The van der Waals surface area contributed by atoms with Crippen LogP contribution < -0.4 is 15.5 Å². The van der Waals surface area contributed by atoms with Gasteiger partial charge in [0.2, 0.25) is 0 Å². The SMILES string of the molecule is COc1ccc(C(C)=NNC(=S)NCc2ccccc2)c(O)c1. The van der Waals surface area contributed by atoms with E-state index in [1.165, 1.54) is 0 Å². The van der Waals surface area contributed by atoms with Gasteiger partial charge in [0.15, 0.2) is 5.11 Å². The fourth-order valence-corrected chi connectivity index (χ4v) is 2.07. The zero-order chi connectivity index (χ0) is 16.7. The monoisotopic (exact) mass is 329 g/mol. The molecule has 0 spiro atoms. The highest BCUT2D eigenvalue weighted by Crippen LogP contribution is 2.23. The van der Waals surface area contributed by atoms with Gasteiger partial charge in [-0.2, -0.15) is 5.10 Å². The molecule has 0 aliphatic heterocycles. The van der Waals surface area contributed by atoms with E-state index in [9.17, 15) is 5.11 Å². The molecule has 0 amide bonds. The van der Waals surface area contributed by atoms with Crippen LogP contribution in [0.5, 0.6) is 11.5 Å². The van der Waals surface area contributed by atoms with E-state index in [1.807, 2.05) is 30.3 Å². The summed E-state index contributed by atoms with van der Waals surface area (Å²) in [5.41, 5.74) is 5.14. The van der Waals surface area contributed by atoms with Gasteiger partial charge in [0, 0.05) is 18.2 Å². The third-order valence-corrected chi connectivity index (χ3v) is 3.45. The zero-order valence-corrected chi connectivity index (χ0v) is 13.9. The van der Waals surface area contributed by atoms with Crippen LogP contribution in [0, 0.1) is 0 Å². The molecule has 0 bridgehead atoms. The number of hydrogen-bond acceptors (Lipinski definition) is 4. The fourth-order valence-electron chi connectivity index (χ4n) is 1.96. The average Bonchev–Trinajstić information content (AvgIpc) is 2.58. The Balaban J connectivity index is 1.92. The number of benzene rings is 2. The Hall–Kier alpha value is -2.60. The molecule has 23 heavy (non-hydrogen) atoms. The van der Waals surface area contributed by atoms with Gasteiger partial charge in [0.05, 0.1) is 12.8 Å². The summed E-state index contributed by atoms with van der Waals surface area (Å²) in [5, 5.41) is 17.6. The van der Waals surface area contributed by atoms with E-state index in [4.69, 9.17) is 17.0 Å². The number of aromatic hydroxyl groups is 1. The van der Waals surface area contributed by atoms with Crippen LogP contribution in [-0.2, 0) is 6.54 Å². The largest absolute Gasteiger partial charge is 0.507 e. The number of phenolic OH excluding ortho intramolecular Hbond substituents is 1. The van der Waals surface area contributed by atoms with E-state index >= 15 is 0 Å². The summed E-state index contributed by atoms with van der Waals surface area (Å²) < 4.78 is 5.06. The smallest absolute Gasteiger partial charge is 0.187 e. The number of hydrazone groups is 1. The number of hydrogen-bond donors (Lipinski definition) is 3. The first-order chi connectivity index (χ1) is 11.1. The van der Waals surface area contributed by atoms with Crippen LogP contribution in [0.1, 0.15) is 18.1 Å². The zero-order valence-electron chi connectivity index (χ0n) is 13.0. The third kappa shape index (κ3) is 4.96. The molecule has 2 rings (SSSR count). The molecule has 3 N–H and O–H groups in total. The van der Waals surface area contributed by atoms with E-state index in [2.05, 4.69) is 15.8 Å². The number of nitrogens with zero attached hydrogens (tertiary/aromatic N) is 1. The Labute approximate surface area is 141 Å². The molecule has 0 unspecified atom stereocenters. The molecule has 6 heteroatoms. The van der Waals surface area contributed by atoms with Crippen LogP contribution in [0.2, 0.25) is 0 Å². The van der Waals surface area contributed by atoms with Crippen molar-refractivity contribution < 1.29 is 9.84 Å². The molecule has 0 aromatic heterocycles. The lowest BCUT2D eigenvalue weighted by molar-refractivity contribution is 0.407. The summed E-state index contributed by atoms with van der Waals surface area (Å²) in [6.07, 6.45) is 0. The highest BCUT2D eigenvalue weighted by atomic mass is 32.1. The minimum atomic E-state index is 0.107. The summed E-state index contributed by atoms with van der Waals surface area (Å²) in [5.74, 6) is 0.697. The van der Waals surface area contributed by atoms with Gasteiger partial charge in [0.25, 0.3) is 0 Å². The van der Waals surface area contributed by atoms with Gasteiger partial charge >= 0.3 is 0 Å². The summed E-state index contributed by atoms with van der Waals surface area (Å²) >= 11 is 5.18. The normalized spacial score (nSPS) is 11.0. The predicted octanol–water partition coefficient (Wildman–Crippen LogP) is 2.79. The Kier molecular flexibility index (Phi) is 5.94. The van der Waals surface area contributed by atoms with Crippen molar-refractivity contribution in [2.45, 2.75) is 13.5 Å². The summed E-state index contributed by atoms with van der Waals surface area (Å²) in [6.45, 7) is 2.41. The second kappa shape index (κ2) is 8.14. The topological polar surface area (TPSA) is 65.9 Å². The molecule has 120 valence electrons. The maximum atomic E-state index is 9.97. The van der Waals surface area contributed by atoms with Crippen molar-refractivity contribution in [3.8, 4) is 11.5 Å². The van der Waals surface area contributed by atoms with E-state index in [-0.39, 0.29) is 5.75 Å². The molecule has 0 heterocycles. The highest BCUT2D eigenvalue weighted by molar-refractivity contribution is 7.80. The first-order valence-corrected chi connectivity index (χ1v) is 7.50. The molecule has 0 aliphatic carbocycles. The molecular formula is C17H19N3O2S. The molecule has 0 radical (unpaired) electrons. The van der Waals surface area contributed by atoms with E-state index < -0.39 is 0 Å². The van der Waals surface area contributed by atoms with Crippen LogP contribution >= 0.6 is 12.2 Å². The first kappa shape index (κ1) is 16.8. The lowest BCUT2D eigenvalue weighted by Crippen LogP contribution is -2.32. The number of thiocarbonyl (C=S) groups is 1. The van der Waals surface area contributed by atoms with E-state index in [1.54, 1.807) is 32.2 Å². The summed E-state index contributed by atoms with van der Waals surface area (Å²) in [4.78, 5) is 0. The summed E-state index contributed by atoms with van der Waals surface area (Å²) in [6, 6.07) is 15.0. The van der Waals surface area contributed by atoms with Gasteiger partial charge in [-0.05, 0) is 36.8 Å². The molecule has 2 aromatic carbocycles. The Morgan fingerprint density at radius 1 is 1.22 bits per heavy atom. The Morgan fingerprint density at radius 3 is 2.61 bits per heavy atom. The Morgan fingerprint density at radius 2 is 1.96 bits per heavy atom. The molecule has 0 atom stereocenters. The fraction of sp³-hybridized carbons (Fsp3) is 0.176. The molecule has 0 fully saturated rings. The number of rotatable bonds is 5. The highest BCUT2D eigenvalue weighted by Gasteiger charge is 2.06. The van der Waals surface area contributed by atoms with E-state index in [0.29, 0.717) is 28.7 Å². The van der Waals surface area contributed by atoms with Crippen LogP contribution in [0.3, 0.4) is 0 Å². The van der Waals surface area contributed by atoms with E-state index in [0.717, 1.165) is 5.56 Å². The van der Waals surface area contributed by atoms with Crippen LogP contribution in [0.15, 0.2) is 53.6 Å². The number of methoxy groups -OCH3 is 1. The van der Waals surface area contributed by atoms with Crippen molar-refractivity contribution >= 4 is 23.0 Å². The maximum absolute atomic E-state index is 9.97. The van der Waals surface area contributed by atoms with Crippen LogP contribution in [-0.4, -0.2) is 23.0 Å². The molecule has 0 aliphatic rings. The molecule has 0 saturated carbocycles. The van der Waals surface area contributed by atoms with Crippen molar-refractivity contribution in [1.82, 2.24) is 10.7 Å². The molecular weight excluding hydrogens is 310 g/mol. The van der Waals surface area contributed by atoms with Gasteiger partial charge in [-0.3, -0.25) is 5.43 Å². The van der Waals surface area contributed by atoms with Crippen molar-refractivity contribution in [2.75, 3.05) is 7.11 Å². The van der Waals surface area contributed by atoms with Gasteiger partial charge < -0.3 is 15.2 Å². The Bertz CT molecular complexity index is 702. The van der Waals surface area contributed by atoms with Crippen molar-refractivity contribution in [2.24, 2.45) is 5.10 Å². The van der Waals surface area contributed by atoms with Gasteiger partial charge in [-0.1, -0.05) is 30.3 Å². The third-order valence-electron chi connectivity index (χ3n) is 3.22. The first-order valence-electron chi connectivity index (χ1n) is 7.09. The number of ether oxygens (including phenoxy) is 1. The number of nitrogens with one attached hydrogen (secondary N) is 2. The summed E-state index contributed by atoms with van der Waals surface area (Å²) in [7, 11) is 1.55. The molecule has 0 saturated heterocycles. The second-order valence-corrected chi connectivity index (χ2v) is 5.27. The van der Waals surface area contributed by atoms with Gasteiger partial charge in [0.1, 0.15) is 11.5 Å². The quantitative estimate of drug-likeness (QED) is 0.447. The van der Waals surface area contributed by atoms with Crippen molar-refractivity contribution in [3.05, 3.63) is 59.7 Å². The average molecular weight is 329 g/mol. The van der Waals surface area contributed by atoms with Crippen molar-refractivity contribution in [1.29, 1.82) is 0 Å². The minimum Gasteiger partial charge on any atom is -0.507 e. The predicted molar refractivity (Wildman–Crippen MR) is 95.9 cm³/mol. The standard InChI is InChI=1S/C17H19N3O2S/c1-12(15-9-8-14(22-2)10-16(15)21)19-20-17(23)18-11-13-6-4-3-5-7-13/h3-10,21H,11H2,1-2H3,(H2,18,20,23). The van der Waals surface area contributed by atoms with Crippen LogP contribution in [0.25, 0.3) is 0 Å². The maximum Gasteiger partial charge on any atom is 0.187 e. The molecule has 2 aromatic rings.